The maximum absolute atomic E-state index is 13.4. The number of hydrogen-bond donors (Lipinski definition) is 0. The Hall–Kier alpha value is -3.80. The van der Waals surface area contributed by atoms with Gasteiger partial charge in [0.2, 0.25) is 5.90 Å². The number of benzene rings is 3. The van der Waals surface area contributed by atoms with E-state index in [1.807, 2.05) is 0 Å². The number of halogens is 2. The predicted octanol–water partition coefficient (Wildman–Crippen LogP) is 4.89. The van der Waals surface area contributed by atoms with E-state index in [1.165, 1.54) is 30.3 Å². The molecule has 4 nitrogen and oxygen atoms in total. The van der Waals surface area contributed by atoms with Crippen LogP contribution in [0.4, 0.5) is 8.78 Å². The first-order chi connectivity index (χ1) is 14.1. The minimum absolute atomic E-state index is 0.0467. The molecular weight excluding hydrogens is 376 g/mol. The Morgan fingerprint density at radius 1 is 0.931 bits per heavy atom. The first-order valence-electron chi connectivity index (χ1n) is 8.83. The lowest BCUT2D eigenvalue weighted by atomic mass is 10.1. The maximum Gasteiger partial charge on any atom is 0.363 e. The lowest BCUT2D eigenvalue weighted by Crippen LogP contribution is -2.05. The number of nitrogens with zero attached hydrogens (tertiary/aromatic N) is 1. The second-order valence-corrected chi connectivity index (χ2v) is 6.30. The molecule has 1 heterocycles. The first kappa shape index (κ1) is 18.6. The molecule has 144 valence electrons. The van der Waals surface area contributed by atoms with Crippen LogP contribution in [0.1, 0.15) is 16.7 Å². The summed E-state index contributed by atoms with van der Waals surface area (Å²) in [6.45, 7) is 0.239. The fourth-order valence-electron chi connectivity index (χ4n) is 2.77. The fraction of sp³-hybridized carbons (Fsp3) is 0.0435. The number of carbonyl (C=O) groups excluding carboxylic acids is 1. The summed E-state index contributed by atoms with van der Waals surface area (Å²) in [5, 5.41) is 0. The zero-order valence-corrected chi connectivity index (χ0v) is 15.1. The summed E-state index contributed by atoms with van der Waals surface area (Å²) in [5.74, 6) is -0.807. The summed E-state index contributed by atoms with van der Waals surface area (Å²) in [5.41, 5.74) is 1.90. The lowest BCUT2D eigenvalue weighted by Gasteiger charge is -2.09. The third kappa shape index (κ3) is 4.38. The molecule has 0 saturated heterocycles. The fourth-order valence-corrected chi connectivity index (χ4v) is 2.77. The number of ether oxygens (including phenoxy) is 2. The van der Waals surface area contributed by atoms with Crippen LogP contribution in [0, 0.1) is 11.6 Å². The zero-order valence-electron chi connectivity index (χ0n) is 15.1. The van der Waals surface area contributed by atoms with Crippen molar-refractivity contribution in [3.8, 4) is 5.75 Å². The molecule has 3 aromatic carbocycles. The summed E-state index contributed by atoms with van der Waals surface area (Å²) in [4.78, 5) is 16.4. The van der Waals surface area contributed by atoms with E-state index in [9.17, 15) is 13.6 Å². The molecule has 0 spiro atoms. The van der Waals surface area contributed by atoms with Crippen LogP contribution in [0.3, 0.4) is 0 Å². The number of hydrogen-bond acceptors (Lipinski definition) is 4. The van der Waals surface area contributed by atoms with Crippen LogP contribution in [-0.4, -0.2) is 11.9 Å². The van der Waals surface area contributed by atoms with Crippen molar-refractivity contribution in [3.63, 3.8) is 0 Å². The average molecular weight is 391 g/mol. The largest absolute Gasteiger partial charge is 0.488 e. The molecule has 0 aromatic heterocycles. The van der Waals surface area contributed by atoms with Gasteiger partial charge in [0.25, 0.3) is 0 Å². The highest BCUT2D eigenvalue weighted by Gasteiger charge is 2.24. The van der Waals surface area contributed by atoms with Gasteiger partial charge in [-0.3, -0.25) is 0 Å². The van der Waals surface area contributed by atoms with Crippen molar-refractivity contribution >= 4 is 17.9 Å². The standard InChI is InChI=1S/C23H15F2NO3/c24-18-10-8-15(9-11-18)14-28-21-7-2-1-4-16(21)13-20-23(27)29-22(26-20)17-5-3-6-19(25)12-17/h1-13H,14H2/b20-13-. The van der Waals surface area contributed by atoms with Crippen molar-refractivity contribution in [3.05, 3.63) is 107 Å². The molecule has 0 amide bonds. The van der Waals surface area contributed by atoms with Crippen molar-refractivity contribution in [2.45, 2.75) is 6.61 Å². The van der Waals surface area contributed by atoms with E-state index in [1.54, 1.807) is 48.5 Å². The summed E-state index contributed by atoms with van der Waals surface area (Å²) < 4.78 is 37.4. The Balaban J connectivity index is 1.57. The van der Waals surface area contributed by atoms with E-state index >= 15 is 0 Å². The van der Waals surface area contributed by atoms with Crippen molar-refractivity contribution in [1.82, 2.24) is 0 Å². The lowest BCUT2D eigenvalue weighted by molar-refractivity contribution is -0.129. The van der Waals surface area contributed by atoms with Gasteiger partial charge in [0.1, 0.15) is 24.0 Å². The Labute approximate surface area is 165 Å². The molecule has 1 aliphatic heterocycles. The molecule has 0 bridgehead atoms. The van der Waals surface area contributed by atoms with Crippen LogP contribution < -0.4 is 4.74 Å². The van der Waals surface area contributed by atoms with Gasteiger partial charge < -0.3 is 9.47 Å². The minimum atomic E-state index is -0.627. The van der Waals surface area contributed by atoms with Gasteiger partial charge >= 0.3 is 5.97 Å². The second kappa shape index (κ2) is 8.06. The first-order valence-corrected chi connectivity index (χ1v) is 8.83. The maximum atomic E-state index is 13.4. The molecule has 0 radical (unpaired) electrons. The summed E-state index contributed by atoms with van der Waals surface area (Å²) in [6, 6.07) is 18.8. The number of para-hydroxylation sites is 1. The van der Waals surface area contributed by atoms with E-state index < -0.39 is 11.8 Å². The molecule has 1 aliphatic rings. The molecule has 29 heavy (non-hydrogen) atoms. The quantitative estimate of drug-likeness (QED) is 0.460. The van der Waals surface area contributed by atoms with E-state index in [0.29, 0.717) is 16.9 Å². The molecule has 6 heteroatoms. The van der Waals surface area contributed by atoms with E-state index in [4.69, 9.17) is 9.47 Å². The molecule has 0 unspecified atom stereocenters. The van der Waals surface area contributed by atoms with Crippen LogP contribution >= 0.6 is 0 Å². The van der Waals surface area contributed by atoms with Crippen LogP contribution in [0.25, 0.3) is 6.08 Å². The number of esters is 1. The normalized spacial score (nSPS) is 14.6. The number of rotatable bonds is 5. The van der Waals surface area contributed by atoms with Gasteiger partial charge in [0, 0.05) is 11.1 Å². The topological polar surface area (TPSA) is 47.9 Å². The predicted molar refractivity (Wildman–Crippen MR) is 104 cm³/mol. The Morgan fingerprint density at radius 2 is 1.72 bits per heavy atom. The van der Waals surface area contributed by atoms with Crippen LogP contribution in [0.5, 0.6) is 5.75 Å². The van der Waals surface area contributed by atoms with Gasteiger partial charge in [-0.15, -0.1) is 0 Å². The Morgan fingerprint density at radius 3 is 2.52 bits per heavy atom. The van der Waals surface area contributed by atoms with Crippen LogP contribution in [-0.2, 0) is 16.1 Å². The number of carbonyl (C=O) groups is 1. The van der Waals surface area contributed by atoms with Crippen molar-refractivity contribution in [2.75, 3.05) is 0 Å². The Bertz CT molecular complexity index is 1120. The number of cyclic esters (lactones) is 1. The highest BCUT2D eigenvalue weighted by Crippen LogP contribution is 2.25. The molecule has 0 N–H and O–H groups in total. The van der Waals surface area contributed by atoms with Gasteiger partial charge in [0.05, 0.1) is 0 Å². The van der Waals surface area contributed by atoms with E-state index in [0.717, 1.165) is 5.56 Å². The zero-order chi connectivity index (χ0) is 20.2. The highest BCUT2D eigenvalue weighted by atomic mass is 19.1. The van der Waals surface area contributed by atoms with Gasteiger partial charge in [-0.2, -0.15) is 0 Å². The van der Waals surface area contributed by atoms with Crippen LogP contribution in [0.15, 0.2) is 83.5 Å². The molecular formula is C23H15F2NO3. The monoisotopic (exact) mass is 391 g/mol. The molecule has 4 rings (SSSR count). The SMILES string of the molecule is O=C1OC(c2cccc(F)c2)=N/C1=C\c1ccccc1OCc1ccc(F)cc1. The minimum Gasteiger partial charge on any atom is -0.488 e. The van der Waals surface area contributed by atoms with E-state index in [-0.39, 0.29) is 24.0 Å². The summed E-state index contributed by atoms with van der Waals surface area (Å²) in [7, 11) is 0. The summed E-state index contributed by atoms with van der Waals surface area (Å²) in [6.07, 6.45) is 1.55. The van der Waals surface area contributed by atoms with Gasteiger partial charge in [-0.05, 0) is 48.0 Å². The van der Waals surface area contributed by atoms with Crippen molar-refractivity contribution in [2.24, 2.45) is 4.99 Å². The van der Waals surface area contributed by atoms with E-state index in [2.05, 4.69) is 4.99 Å². The third-order valence-corrected chi connectivity index (χ3v) is 4.21. The molecule has 0 atom stereocenters. The molecule has 0 aliphatic carbocycles. The molecule has 0 fully saturated rings. The average Bonchev–Trinajstić information content (AvgIpc) is 3.09. The van der Waals surface area contributed by atoms with Crippen LogP contribution in [0.2, 0.25) is 0 Å². The van der Waals surface area contributed by atoms with Gasteiger partial charge in [0.15, 0.2) is 5.70 Å². The molecule has 3 aromatic rings. The van der Waals surface area contributed by atoms with Crippen molar-refractivity contribution < 1.29 is 23.0 Å². The smallest absolute Gasteiger partial charge is 0.363 e. The second-order valence-electron chi connectivity index (χ2n) is 6.30. The Kier molecular flexibility index (Phi) is 5.16. The third-order valence-electron chi connectivity index (χ3n) is 4.21. The van der Waals surface area contributed by atoms with Gasteiger partial charge in [-0.25, -0.2) is 18.6 Å². The number of aliphatic imine (C=N–C) groups is 1. The van der Waals surface area contributed by atoms with Crippen molar-refractivity contribution in [1.29, 1.82) is 0 Å². The molecule has 0 saturated carbocycles. The summed E-state index contributed by atoms with van der Waals surface area (Å²) >= 11 is 0. The highest BCUT2D eigenvalue weighted by molar-refractivity contribution is 6.12. The van der Waals surface area contributed by atoms with Gasteiger partial charge in [-0.1, -0.05) is 36.4 Å².